The number of aliphatic hydroxyl groups is 1. The number of likely N-dealkylation sites (tertiary alicyclic amines) is 1. The molecule has 4 heteroatoms. The molecule has 0 radical (unpaired) electrons. The highest BCUT2D eigenvalue weighted by Gasteiger charge is 2.61. The zero-order valence-electron chi connectivity index (χ0n) is 12.7. The zero-order chi connectivity index (χ0) is 14.9. The molecule has 2 saturated carbocycles. The second-order valence-electron chi connectivity index (χ2n) is 7.07. The van der Waals surface area contributed by atoms with Gasteiger partial charge in [-0.15, -0.1) is 0 Å². The molecule has 0 spiro atoms. The van der Waals surface area contributed by atoms with Gasteiger partial charge < -0.3 is 5.11 Å². The third-order valence-electron chi connectivity index (χ3n) is 6.31. The van der Waals surface area contributed by atoms with Crippen molar-refractivity contribution in [2.45, 2.75) is 68.9 Å². The fourth-order valence-electron chi connectivity index (χ4n) is 5.41. The Kier molecular flexibility index (Phi) is 3.95. The molecule has 3 aliphatic rings. The molecular weight excluding hydrogens is 262 g/mol. The molecule has 2 aliphatic carbocycles. The van der Waals surface area contributed by atoms with Crippen molar-refractivity contribution in [3.05, 3.63) is 0 Å². The molecule has 0 aromatic heterocycles. The van der Waals surface area contributed by atoms with E-state index in [1.54, 1.807) is 0 Å². The average Bonchev–Trinajstić information content (AvgIpc) is 2.54. The maximum Gasteiger partial charge on any atom is 0.113 e. The highest BCUT2D eigenvalue weighted by atomic mass is 16.3. The Balaban J connectivity index is 2.07. The Morgan fingerprint density at radius 2 is 1.48 bits per heavy atom. The van der Waals surface area contributed by atoms with E-state index >= 15 is 0 Å². The van der Waals surface area contributed by atoms with Crippen LogP contribution in [-0.4, -0.2) is 34.2 Å². The number of fused-ring (bicyclic) bond motifs is 2. The summed E-state index contributed by atoms with van der Waals surface area (Å²) in [5.41, 5.74) is -1.02. The van der Waals surface area contributed by atoms with E-state index in [0.717, 1.165) is 44.9 Å². The van der Waals surface area contributed by atoms with Crippen LogP contribution in [0.3, 0.4) is 0 Å². The minimum absolute atomic E-state index is 0.0340. The fourth-order valence-corrected chi connectivity index (χ4v) is 5.41. The number of β-amino-alcohol motifs (C(OH)–C–C–N with tert-alkyl or cyclic N) is 1. The number of rotatable bonds is 2. The number of aliphatic hydroxyl groups excluding tert-OH is 1. The Labute approximate surface area is 127 Å². The molecule has 3 fully saturated rings. The second kappa shape index (κ2) is 5.59. The molecule has 1 heterocycles. The summed E-state index contributed by atoms with van der Waals surface area (Å²) in [6.07, 6.45) is 9.51. The van der Waals surface area contributed by atoms with Gasteiger partial charge in [-0.05, 0) is 43.9 Å². The summed E-state index contributed by atoms with van der Waals surface area (Å²) in [5, 5.41) is 29.5. The molecule has 4 nitrogen and oxygen atoms in total. The average molecular weight is 287 g/mol. The van der Waals surface area contributed by atoms with Crippen LogP contribution >= 0.6 is 0 Å². The minimum Gasteiger partial charge on any atom is -0.395 e. The molecule has 1 aliphatic heterocycles. The summed E-state index contributed by atoms with van der Waals surface area (Å²) in [4.78, 5) is 2.15. The first kappa shape index (κ1) is 14.8. The Bertz CT molecular complexity index is 439. The van der Waals surface area contributed by atoms with Gasteiger partial charge in [0.1, 0.15) is 11.1 Å². The van der Waals surface area contributed by atoms with Crippen molar-refractivity contribution in [2.75, 3.05) is 13.2 Å². The van der Waals surface area contributed by atoms with E-state index in [0.29, 0.717) is 18.4 Å². The smallest absolute Gasteiger partial charge is 0.113 e. The highest BCUT2D eigenvalue weighted by Crippen LogP contribution is 2.55. The van der Waals surface area contributed by atoms with Gasteiger partial charge in [-0.25, -0.2) is 0 Å². The monoisotopic (exact) mass is 287 g/mol. The van der Waals surface area contributed by atoms with Crippen LogP contribution < -0.4 is 0 Å². The molecule has 0 aromatic carbocycles. The zero-order valence-corrected chi connectivity index (χ0v) is 12.7. The van der Waals surface area contributed by atoms with E-state index in [1.807, 2.05) is 0 Å². The third kappa shape index (κ3) is 2.00. The number of piperidine rings is 1. The van der Waals surface area contributed by atoms with E-state index in [4.69, 9.17) is 0 Å². The molecule has 0 unspecified atom stereocenters. The van der Waals surface area contributed by atoms with Crippen molar-refractivity contribution in [3.63, 3.8) is 0 Å². The number of hydrogen-bond acceptors (Lipinski definition) is 4. The van der Waals surface area contributed by atoms with Crippen molar-refractivity contribution < 1.29 is 5.11 Å². The first-order valence-corrected chi connectivity index (χ1v) is 8.44. The molecule has 4 atom stereocenters. The largest absolute Gasteiger partial charge is 0.395 e. The minimum atomic E-state index is -0.509. The quantitative estimate of drug-likeness (QED) is 0.847. The highest BCUT2D eigenvalue weighted by molar-refractivity contribution is 5.27. The Morgan fingerprint density at radius 3 is 1.90 bits per heavy atom. The molecule has 3 rings (SSSR count). The maximum atomic E-state index is 9.99. The molecule has 1 saturated heterocycles. The topological polar surface area (TPSA) is 71.0 Å². The standard InChI is InChI=1S/C17H25N3O/c18-12-16-7-3-1-5-14(16)11-15-6-2-4-8-17(15,13-19)20(16)9-10-21/h14-15,21H,1-11H2/t14-,15+,16+,17-. The number of hydrogen-bond donors (Lipinski definition) is 1. The van der Waals surface area contributed by atoms with Gasteiger partial charge in [-0.1, -0.05) is 25.7 Å². The predicted octanol–water partition coefficient (Wildman–Crippen LogP) is 2.59. The van der Waals surface area contributed by atoms with Crippen LogP contribution in [-0.2, 0) is 0 Å². The number of nitrogens with zero attached hydrogens (tertiary/aromatic N) is 3. The van der Waals surface area contributed by atoms with E-state index in [2.05, 4.69) is 17.0 Å². The summed E-state index contributed by atoms with van der Waals surface area (Å²) in [6.45, 7) is 0.500. The first-order valence-electron chi connectivity index (χ1n) is 8.44. The van der Waals surface area contributed by atoms with E-state index in [9.17, 15) is 15.6 Å². The second-order valence-corrected chi connectivity index (χ2v) is 7.07. The molecular formula is C17H25N3O. The normalized spacial score (nSPS) is 43.2. The fraction of sp³-hybridized carbons (Fsp3) is 0.882. The van der Waals surface area contributed by atoms with Gasteiger partial charge in [0.05, 0.1) is 18.7 Å². The molecule has 0 amide bonds. The van der Waals surface area contributed by atoms with Crippen molar-refractivity contribution in [1.82, 2.24) is 4.90 Å². The van der Waals surface area contributed by atoms with Gasteiger partial charge in [0, 0.05) is 6.54 Å². The van der Waals surface area contributed by atoms with E-state index in [-0.39, 0.29) is 6.61 Å². The van der Waals surface area contributed by atoms with Crippen LogP contribution in [0.4, 0.5) is 0 Å². The van der Waals surface area contributed by atoms with Crippen molar-refractivity contribution in [3.8, 4) is 12.1 Å². The van der Waals surface area contributed by atoms with Crippen molar-refractivity contribution >= 4 is 0 Å². The lowest BCUT2D eigenvalue weighted by Crippen LogP contribution is -2.71. The summed E-state index contributed by atoms with van der Waals surface area (Å²) < 4.78 is 0. The molecule has 0 aromatic rings. The van der Waals surface area contributed by atoms with Crippen LogP contribution in [0.2, 0.25) is 0 Å². The molecule has 21 heavy (non-hydrogen) atoms. The summed E-state index contributed by atoms with van der Waals surface area (Å²) >= 11 is 0. The van der Waals surface area contributed by atoms with Gasteiger partial charge in [-0.2, -0.15) is 10.5 Å². The van der Waals surface area contributed by atoms with Gasteiger partial charge in [0.15, 0.2) is 0 Å². The molecule has 1 N–H and O–H groups in total. The van der Waals surface area contributed by atoms with Crippen molar-refractivity contribution in [2.24, 2.45) is 11.8 Å². The summed E-state index contributed by atoms with van der Waals surface area (Å²) in [5.74, 6) is 0.764. The lowest BCUT2D eigenvalue weighted by Gasteiger charge is -2.61. The van der Waals surface area contributed by atoms with Gasteiger partial charge in [0.25, 0.3) is 0 Å². The predicted molar refractivity (Wildman–Crippen MR) is 79.0 cm³/mol. The lowest BCUT2D eigenvalue weighted by molar-refractivity contribution is -0.115. The number of nitriles is 2. The Hall–Kier alpha value is -1.10. The van der Waals surface area contributed by atoms with E-state index < -0.39 is 11.1 Å². The lowest BCUT2D eigenvalue weighted by atomic mass is 9.57. The van der Waals surface area contributed by atoms with Crippen LogP contribution in [0, 0.1) is 34.5 Å². The molecule has 0 bridgehead atoms. The maximum absolute atomic E-state index is 9.99. The van der Waals surface area contributed by atoms with Crippen LogP contribution in [0.15, 0.2) is 0 Å². The van der Waals surface area contributed by atoms with Crippen LogP contribution in [0.1, 0.15) is 57.8 Å². The molecule has 114 valence electrons. The first-order chi connectivity index (χ1) is 10.2. The Morgan fingerprint density at radius 1 is 0.952 bits per heavy atom. The van der Waals surface area contributed by atoms with Gasteiger partial charge >= 0.3 is 0 Å². The van der Waals surface area contributed by atoms with Crippen LogP contribution in [0.5, 0.6) is 0 Å². The summed E-state index contributed by atoms with van der Waals surface area (Å²) in [7, 11) is 0. The summed E-state index contributed by atoms with van der Waals surface area (Å²) in [6, 6.07) is 5.22. The van der Waals surface area contributed by atoms with E-state index in [1.165, 1.54) is 12.8 Å². The SMILES string of the molecule is N#C[C@]12CCCC[C@H]1C[C@H]1CCCC[C@@]1(C#N)N2CCO. The van der Waals surface area contributed by atoms with Gasteiger partial charge in [0.2, 0.25) is 0 Å². The third-order valence-corrected chi connectivity index (χ3v) is 6.31. The van der Waals surface area contributed by atoms with Gasteiger partial charge in [-0.3, -0.25) is 4.90 Å². The van der Waals surface area contributed by atoms with Crippen LogP contribution in [0.25, 0.3) is 0 Å². The van der Waals surface area contributed by atoms with Crippen molar-refractivity contribution in [1.29, 1.82) is 10.5 Å².